The van der Waals surface area contributed by atoms with Crippen molar-refractivity contribution in [3.05, 3.63) is 16.1 Å². The Morgan fingerprint density at radius 3 is 2.29 bits per heavy atom. The monoisotopic (exact) mass is 418 g/mol. The van der Waals surface area contributed by atoms with E-state index in [-0.39, 0.29) is 31.6 Å². The summed E-state index contributed by atoms with van der Waals surface area (Å²) in [5.41, 5.74) is -3.29. The van der Waals surface area contributed by atoms with Gasteiger partial charge in [0.2, 0.25) is 5.60 Å². The molecule has 0 bridgehead atoms. The molecule has 1 amide bonds. The number of amides is 1. The number of thiazole rings is 1. The fraction of sp³-hybridized carbons (Fsp3) is 0.562. The minimum absolute atomic E-state index is 0.0144. The second-order valence-electron chi connectivity index (χ2n) is 5.69. The first kappa shape index (κ1) is 23.3. The van der Waals surface area contributed by atoms with E-state index < -0.39 is 41.7 Å². The molecular weight excluding hydrogens is 401 g/mol. The summed E-state index contributed by atoms with van der Waals surface area (Å²) >= 11 is 0.548. The number of carbonyl (C=O) groups is 2. The molecule has 8 nitrogen and oxygen atoms in total. The van der Waals surface area contributed by atoms with Crippen LogP contribution in [0.3, 0.4) is 0 Å². The Morgan fingerprint density at radius 2 is 1.86 bits per heavy atom. The highest BCUT2D eigenvalue weighted by Gasteiger charge is 2.58. The van der Waals surface area contributed by atoms with Crippen LogP contribution in [0.25, 0.3) is 0 Å². The van der Waals surface area contributed by atoms with Crippen molar-refractivity contribution in [1.82, 2.24) is 9.88 Å². The van der Waals surface area contributed by atoms with Gasteiger partial charge < -0.3 is 14.7 Å². The number of halogens is 3. The lowest BCUT2D eigenvalue weighted by atomic mass is 10.00. The molecule has 0 saturated carbocycles. The van der Waals surface area contributed by atoms with Gasteiger partial charge in [-0.25, -0.2) is 4.98 Å². The van der Waals surface area contributed by atoms with E-state index in [0.717, 1.165) is 4.90 Å². The fourth-order valence-electron chi connectivity index (χ4n) is 2.07. The summed E-state index contributed by atoms with van der Waals surface area (Å²) in [5.74, 6) is -2.21. The van der Waals surface area contributed by atoms with Crippen LogP contribution in [0.5, 0.6) is 0 Å². The van der Waals surface area contributed by atoms with Crippen molar-refractivity contribution in [1.29, 1.82) is 10.5 Å². The van der Waals surface area contributed by atoms with E-state index in [1.54, 1.807) is 0 Å². The number of aromatic nitrogens is 1. The molecule has 12 heteroatoms. The van der Waals surface area contributed by atoms with E-state index in [0.29, 0.717) is 11.3 Å². The molecule has 0 aliphatic carbocycles. The fourth-order valence-corrected chi connectivity index (χ4v) is 2.98. The Kier molecular flexibility index (Phi) is 8.35. The molecular formula is C16H17F3N4O4S. The van der Waals surface area contributed by atoms with E-state index >= 15 is 0 Å². The molecule has 1 rings (SSSR count). The van der Waals surface area contributed by atoms with E-state index in [9.17, 15) is 27.9 Å². The predicted octanol–water partition coefficient (Wildman–Crippen LogP) is 1.79. The first-order valence-corrected chi connectivity index (χ1v) is 8.82. The second-order valence-corrected chi connectivity index (χ2v) is 6.54. The number of hydrogen-bond acceptors (Lipinski definition) is 8. The number of ether oxygens (including phenoxy) is 1. The van der Waals surface area contributed by atoms with Crippen LogP contribution in [0.1, 0.15) is 30.0 Å². The van der Waals surface area contributed by atoms with Crippen molar-refractivity contribution in [2.45, 2.75) is 38.0 Å². The quantitative estimate of drug-likeness (QED) is 0.606. The standard InChI is InChI=1S/C16H17F3N4O4S/c1-11-10-28-14(22-11)15(26,16(17,18)19)8-13(25)27-9-12(24)23(6-2-4-20)7-3-5-21/h10,26H,2-3,6-9H2,1H3. The summed E-state index contributed by atoms with van der Waals surface area (Å²) in [5, 5.41) is 27.8. The maximum Gasteiger partial charge on any atom is 0.424 e. The van der Waals surface area contributed by atoms with Gasteiger partial charge in [0.05, 0.1) is 31.4 Å². The minimum atomic E-state index is -5.19. The highest BCUT2D eigenvalue weighted by molar-refractivity contribution is 7.09. The Labute approximate surface area is 162 Å². The number of alkyl halides is 3. The Morgan fingerprint density at radius 1 is 1.29 bits per heavy atom. The van der Waals surface area contributed by atoms with Crippen molar-refractivity contribution in [3.8, 4) is 12.1 Å². The molecule has 0 saturated heterocycles. The van der Waals surface area contributed by atoms with Crippen LogP contribution in [-0.2, 0) is 19.9 Å². The molecule has 1 aromatic rings. The molecule has 28 heavy (non-hydrogen) atoms. The summed E-state index contributed by atoms with van der Waals surface area (Å²) in [6.45, 7) is 0.532. The number of aliphatic hydroxyl groups is 1. The lowest BCUT2D eigenvalue weighted by Gasteiger charge is -2.27. The third-order valence-corrected chi connectivity index (χ3v) is 4.65. The number of aryl methyl sites for hydroxylation is 1. The maximum absolute atomic E-state index is 13.3. The zero-order valence-corrected chi connectivity index (χ0v) is 15.6. The van der Waals surface area contributed by atoms with Gasteiger partial charge in [-0.2, -0.15) is 23.7 Å². The Balaban J connectivity index is 2.78. The van der Waals surface area contributed by atoms with E-state index in [1.807, 2.05) is 12.1 Å². The van der Waals surface area contributed by atoms with Crippen molar-refractivity contribution in [2.75, 3.05) is 19.7 Å². The van der Waals surface area contributed by atoms with Crippen LogP contribution in [0, 0.1) is 29.6 Å². The summed E-state index contributed by atoms with van der Waals surface area (Å²) in [4.78, 5) is 28.6. The molecule has 1 heterocycles. The molecule has 1 unspecified atom stereocenters. The topological polar surface area (TPSA) is 127 Å². The van der Waals surface area contributed by atoms with Gasteiger partial charge >= 0.3 is 12.1 Å². The van der Waals surface area contributed by atoms with Crippen LogP contribution in [-0.4, -0.2) is 52.7 Å². The van der Waals surface area contributed by atoms with Crippen LogP contribution >= 0.6 is 11.3 Å². The number of hydrogen-bond donors (Lipinski definition) is 1. The van der Waals surface area contributed by atoms with Crippen LogP contribution < -0.4 is 0 Å². The van der Waals surface area contributed by atoms with Gasteiger partial charge in [-0.15, -0.1) is 11.3 Å². The largest absolute Gasteiger partial charge is 0.455 e. The number of nitriles is 2. The molecule has 0 aliphatic rings. The van der Waals surface area contributed by atoms with Gasteiger partial charge in [0.1, 0.15) is 5.01 Å². The second kappa shape index (κ2) is 10.0. The molecule has 0 aromatic carbocycles. The molecule has 0 fully saturated rings. The summed E-state index contributed by atoms with van der Waals surface area (Å²) in [7, 11) is 0. The highest BCUT2D eigenvalue weighted by atomic mass is 32.1. The van der Waals surface area contributed by atoms with Crippen LogP contribution in [0.2, 0.25) is 0 Å². The van der Waals surface area contributed by atoms with E-state index in [1.165, 1.54) is 12.3 Å². The van der Waals surface area contributed by atoms with Crippen molar-refractivity contribution in [3.63, 3.8) is 0 Å². The van der Waals surface area contributed by atoms with Crippen molar-refractivity contribution in [2.24, 2.45) is 0 Å². The van der Waals surface area contributed by atoms with Gasteiger partial charge in [-0.3, -0.25) is 9.59 Å². The molecule has 1 atom stereocenters. The average molecular weight is 418 g/mol. The first-order chi connectivity index (χ1) is 13.0. The lowest BCUT2D eigenvalue weighted by Crippen LogP contribution is -2.45. The van der Waals surface area contributed by atoms with Gasteiger partial charge in [-0.1, -0.05) is 0 Å². The third kappa shape index (κ3) is 6.18. The van der Waals surface area contributed by atoms with Gasteiger partial charge in [0.15, 0.2) is 6.61 Å². The maximum atomic E-state index is 13.3. The zero-order chi connectivity index (χ0) is 21.4. The number of rotatable bonds is 9. The predicted molar refractivity (Wildman–Crippen MR) is 89.4 cm³/mol. The normalized spacial score (nSPS) is 13.1. The molecule has 1 aromatic heterocycles. The summed E-state index contributed by atoms with van der Waals surface area (Å²) in [6, 6.07) is 3.63. The number of nitrogens with zero attached hydrogens (tertiary/aromatic N) is 4. The van der Waals surface area contributed by atoms with E-state index in [2.05, 4.69) is 9.72 Å². The van der Waals surface area contributed by atoms with Gasteiger partial charge in [0.25, 0.3) is 5.91 Å². The SMILES string of the molecule is Cc1csc(C(O)(CC(=O)OCC(=O)N(CCC#N)CCC#N)C(F)(F)F)n1. The molecule has 1 N–H and O–H groups in total. The van der Waals surface area contributed by atoms with Gasteiger partial charge in [-0.05, 0) is 6.92 Å². The van der Waals surface area contributed by atoms with Crippen LogP contribution in [0.4, 0.5) is 13.2 Å². The molecule has 0 spiro atoms. The molecule has 152 valence electrons. The van der Waals surface area contributed by atoms with Crippen molar-refractivity contribution >= 4 is 23.2 Å². The lowest BCUT2D eigenvalue weighted by molar-refractivity contribution is -0.269. The number of carbonyl (C=O) groups excluding carboxylic acids is 2. The molecule has 0 aliphatic heterocycles. The minimum Gasteiger partial charge on any atom is -0.455 e. The summed E-state index contributed by atoms with van der Waals surface area (Å²) in [6.07, 6.45) is -6.70. The summed E-state index contributed by atoms with van der Waals surface area (Å²) < 4.78 is 44.6. The third-order valence-electron chi connectivity index (χ3n) is 3.54. The number of esters is 1. The smallest absolute Gasteiger partial charge is 0.424 e. The Bertz CT molecular complexity index is 766. The van der Waals surface area contributed by atoms with Gasteiger partial charge in [0, 0.05) is 24.2 Å². The van der Waals surface area contributed by atoms with Crippen LogP contribution in [0.15, 0.2) is 5.38 Å². The Hall–Kier alpha value is -2.70. The first-order valence-electron chi connectivity index (χ1n) is 7.94. The molecule has 0 radical (unpaired) electrons. The average Bonchev–Trinajstić information content (AvgIpc) is 3.05. The van der Waals surface area contributed by atoms with E-state index in [4.69, 9.17) is 10.5 Å². The zero-order valence-electron chi connectivity index (χ0n) is 14.8. The highest BCUT2D eigenvalue weighted by Crippen LogP contribution is 2.42. The van der Waals surface area contributed by atoms with Crippen molar-refractivity contribution < 1.29 is 32.6 Å².